The van der Waals surface area contributed by atoms with Crippen LogP contribution in [0.1, 0.15) is 28.6 Å². The minimum absolute atomic E-state index is 0.252. The third-order valence-corrected chi connectivity index (χ3v) is 3.67. The van der Waals surface area contributed by atoms with Gasteiger partial charge in [-0.15, -0.1) is 0 Å². The second kappa shape index (κ2) is 5.13. The molecule has 22 heavy (non-hydrogen) atoms. The Balaban J connectivity index is 1.95. The van der Waals surface area contributed by atoms with E-state index in [-0.39, 0.29) is 6.42 Å². The molecule has 1 aliphatic heterocycles. The minimum atomic E-state index is -4.40. The molecule has 5 nitrogen and oxygen atoms in total. The first-order chi connectivity index (χ1) is 10.4. The van der Waals surface area contributed by atoms with Crippen LogP contribution in [0.5, 0.6) is 0 Å². The molecule has 0 bridgehead atoms. The van der Waals surface area contributed by atoms with E-state index in [9.17, 15) is 23.1 Å². The summed E-state index contributed by atoms with van der Waals surface area (Å²) in [7, 11) is 0. The highest BCUT2D eigenvalue weighted by molar-refractivity contribution is 5.74. The van der Waals surface area contributed by atoms with Crippen molar-refractivity contribution in [2.24, 2.45) is 0 Å². The second-order valence-electron chi connectivity index (χ2n) is 5.08. The largest absolute Gasteiger partial charge is 0.480 e. The minimum Gasteiger partial charge on any atom is -0.480 e. The summed E-state index contributed by atoms with van der Waals surface area (Å²) in [5, 5.41) is 12.1. The predicted octanol–water partition coefficient (Wildman–Crippen LogP) is 2.12. The van der Waals surface area contributed by atoms with Gasteiger partial charge in [0.15, 0.2) is 0 Å². The van der Waals surface area contributed by atoms with Crippen LogP contribution in [0.15, 0.2) is 30.6 Å². The number of aliphatic carboxylic acids is 1. The van der Waals surface area contributed by atoms with Crippen molar-refractivity contribution in [3.8, 4) is 0 Å². The number of aromatic nitrogens is 2. The first-order valence-electron chi connectivity index (χ1n) is 6.54. The third-order valence-electron chi connectivity index (χ3n) is 3.67. The Morgan fingerprint density at radius 1 is 1.27 bits per heavy atom. The Morgan fingerprint density at radius 2 is 1.95 bits per heavy atom. The second-order valence-corrected chi connectivity index (χ2v) is 5.08. The Hall–Kier alpha value is -2.35. The fraction of sp³-hybridized carbons (Fsp3) is 0.286. The number of hydrogen-bond acceptors (Lipinski definition) is 3. The van der Waals surface area contributed by atoms with E-state index < -0.39 is 29.8 Å². The van der Waals surface area contributed by atoms with E-state index in [1.807, 2.05) is 0 Å². The van der Waals surface area contributed by atoms with E-state index in [1.54, 1.807) is 0 Å². The van der Waals surface area contributed by atoms with Gasteiger partial charge in [-0.1, -0.05) is 12.1 Å². The van der Waals surface area contributed by atoms with Crippen LogP contribution in [-0.4, -0.2) is 27.1 Å². The van der Waals surface area contributed by atoms with Crippen molar-refractivity contribution in [1.29, 1.82) is 0 Å². The van der Waals surface area contributed by atoms with Crippen LogP contribution < -0.4 is 5.32 Å². The van der Waals surface area contributed by atoms with Crippen molar-refractivity contribution in [3.05, 3.63) is 53.1 Å². The number of carboxylic acids is 1. The summed E-state index contributed by atoms with van der Waals surface area (Å²) in [5.74, 6) is -1.02. The number of alkyl halides is 3. The van der Waals surface area contributed by atoms with Gasteiger partial charge in [0.05, 0.1) is 23.6 Å². The van der Waals surface area contributed by atoms with Gasteiger partial charge in [0.2, 0.25) is 0 Å². The first-order valence-corrected chi connectivity index (χ1v) is 6.54. The number of rotatable bonds is 2. The predicted molar refractivity (Wildman–Crippen MR) is 70.1 cm³/mol. The molecule has 8 heteroatoms. The highest BCUT2D eigenvalue weighted by Gasteiger charge is 2.34. The number of nitrogens with zero attached hydrogens (tertiary/aromatic N) is 1. The van der Waals surface area contributed by atoms with Crippen molar-refractivity contribution >= 4 is 5.97 Å². The maximum atomic E-state index is 12.6. The van der Waals surface area contributed by atoms with Gasteiger partial charge in [-0.2, -0.15) is 13.2 Å². The van der Waals surface area contributed by atoms with Gasteiger partial charge in [0, 0.05) is 12.1 Å². The zero-order chi connectivity index (χ0) is 15.9. The van der Waals surface area contributed by atoms with Crippen LogP contribution in [0, 0.1) is 0 Å². The van der Waals surface area contributed by atoms with Gasteiger partial charge in [-0.25, -0.2) is 4.98 Å². The summed E-state index contributed by atoms with van der Waals surface area (Å²) in [6.07, 6.45) is -2.70. The number of hydrogen-bond donors (Lipinski definition) is 3. The molecule has 0 amide bonds. The Morgan fingerprint density at radius 3 is 2.55 bits per heavy atom. The van der Waals surface area contributed by atoms with E-state index >= 15 is 0 Å². The van der Waals surface area contributed by atoms with Crippen LogP contribution in [0.25, 0.3) is 0 Å². The van der Waals surface area contributed by atoms with Gasteiger partial charge in [0.25, 0.3) is 0 Å². The number of halogens is 3. The average Bonchev–Trinajstić information content (AvgIpc) is 2.93. The third kappa shape index (κ3) is 2.57. The van der Waals surface area contributed by atoms with E-state index in [4.69, 9.17) is 0 Å². The Kier molecular flexibility index (Phi) is 3.40. The number of imidazole rings is 1. The lowest BCUT2D eigenvalue weighted by atomic mass is 9.93. The van der Waals surface area contributed by atoms with Gasteiger partial charge in [-0.3, -0.25) is 10.1 Å². The van der Waals surface area contributed by atoms with E-state index in [0.29, 0.717) is 17.0 Å². The van der Waals surface area contributed by atoms with Crippen LogP contribution in [0.3, 0.4) is 0 Å². The summed E-state index contributed by atoms with van der Waals surface area (Å²) >= 11 is 0. The molecule has 0 saturated carbocycles. The fourth-order valence-corrected chi connectivity index (χ4v) is 2.56. The lowest BCUT2D eigenvalue weighted by Gasteiger charge is -2.28. The summed E-state index contributed by atoms with van der Waals surface area (Å²) in [6.45, 7) is 0. The van der Waals surface area contributed by atoms with E-state index in [0.717, 1.165) is 12.1 Å². The molecule has 1 aromatic heterocycles. The van der Waals surface area contributed by atoms with Crippen molar-refractivity contribution < 1.29 is 23.1 Å². The SMILES string of the molecule is O=C(O)[C@@H]1Cc2[nH]cnc2[C@H](c2ccc(C(F)(F)F)cc2)N1. The van der Waals surface area contributed by atoms with Crippen molar-refractivity contribution in [2.75, 3.05) is 0 Å². The quantitative estimate of drug-likeness (QED) is 0.794. The van der Waals surface area contributed by atoms with Gasteiger partial charge in [-0.05, 0) is 17.7 Å². The summed E-state index contributed by atoms with van der Waals surface area (Å²) < 4.78 is 37.8. The molecule has 0 unspecified atom stereocenters. The Bertz CT molecular complexity index is 694. The average molecular weight is 311 g/mol. The number of H-pyrrole nitrogens is 1. The monoisotopic (exact) mass is 311 g/mol. The fourth-order valence-electron chi connectivity index (χ4n) is 2.56. The van der Waals surface area contributed by atoms with Crippen molar-refractivity contribution in [3.63, 3.8) is 0 Å². The lowest BCUT2D eigenvalue weighted by molar-refractivity contribution is -0.140. The molecule has 2 heterocycles. The molecule has 2 aromatic rings. The van der Waals surface area contributed by atoms with Crippen LogP contribution in [0.4, 0.5) is 13.2 Å². The van der Waals surface area contributed by atoms with Crippen molar-refractivity contribution in [2.45, 2.75) is 24.7 Å². The normalized spacial score (nSPS) is 21.4. The number of aromatic amines is 1. The maximum absolute atomic E-state index is 12.6. The molecular weight excluding hydrogens is 299 g/mol. The smallest absolute Gasteiger partial charge is 0.416 e. The molecule has 0 spiro atoms. The van der Waals surface area contributed by atoms with Crippen molar-refractivity contribution in [1.82, 2.24) is 15.3 Å². The molecular formula is C14H12F3N3O2. The summed E-state index contributed by atoms with van der Waals surface area (Å²) in [4.78, 5) is 18.2. The molecule has 0 saturated heterocycles. The van der Waals surface area contributed by atoms with Gasteiger partial charge < -0.3 is 10.1 Å². The Labute approximate surface area is 123 Å². The van der Waals surface area contributed by atoms with Crippen LogP contribution >= 0.6 is 0 Å². The van der Waals surface area contributed by atoms with Gasteiger partial charge >= 0.3 is 12.1 Å². The van der Waals surface area contributed by atoms with Crippen LogP contribution in [-0.2, 0) is 17.4 Å². The molecule has 0 fully saturated rings. The topological polar surface area (TPSA) is 78.0 Å². The highest BCUT2D eigenvalue weighted by atomic mass is 19.4. The molecule has 0 aliphatic carbocycles. The molecule has 2 atom stereocenters. The number of carboxylic acid groups (broad SMARTS) is 1. The molecule has 0 radical (unpaired) electrons. The first kappa shape index (κ1) is 14.6. The number of carbonyl (C=O) groups is 1. The summed E-state index contributed by atoms with van der Waals surface area (Å²) in [5.41, 5.74) is 1.07. The van der Waals surface area contributed by atoms with Gasteiger partial charge in [0.1, 0.15) is 6.04 Å². The molecule has 3 rings (SSSR count). The number of nitrogens with one attached hydrogen (secondary N) is 2. The van der Waals surface area contributed by atoms with E-state index in [2.05, 4.69) is 15.3 Å². The number of fused-ring (bicyclic) bond motifs is 1. The zero-order valence-electron chi connectivity index (χ0n) is 11.2. The maximum Gasteiger partial charge on any atom is 0.416 e. The molecule has 116 valence electrons. The lowest BCUT2D eigenvalue weighted by Crippen LogP contribution is -2.45. The van der Waals surface area contributed by atoms with E-state index in [1.165, 1.54) is 18.5 Å². The standard InChI is InChI=1S/C14H12F3N3O2/c15-14(16,17)8-3-1-7(2-4-8)11-12-9(18-6-19-12)5-10(20-11)13(21)22/h1-4,6,10-11,20H,5H2,(H,18,19)(H,21,22)/t10-,11-/m0/s1. The molecule has 1 aromatic carbocycles. The zero-order valence-corrected chi connectivity index (χ0v) is 11.2. The summed E-state index contributed by atoms with van der Waals surface area (Å²) in [6, 6.07) is 3.26. The molecule has 1 aliphatic rings. The van der Waals surface area contributed by atoms with Crippen LogP contribution in [0.2, 0.25) is 0 Å². The highest BCUT2D eigenvalue weighted by Crippen LogP contribution is 2.32. The molecule has 3 N–H and O–H groups in total. The number of benzene rings is 1.